The van der Waals surface area contributed by atoms with E-state index in [1.54, 1.807) is 0 Å². The lowest BCUT2D eigenvalue weighted by atomic mass is 10.0. The van der Waals surface area contributed by atoms with Gasteiger partial charge in [0.2, 0.25) is 0 Å². The van der Waals surface area contributed by atoms with Crippen molar-refractivity contribution >= 4 is 0 Å². The lowest BCUT2D eigenvalue weighted by Crippen LogP contribution is -2.09. The van der Waals surface area contributed by atoms with Crippen molar-refractivity contribution in [2.45, 2.75) is 59.0 Å². The molecule has 0 saturated heterocycles. The fraction of sp³-hybridized carbons (Fsp3) is 0.818. The molecule has 72 valence electrons. The van der Waals surface area contributed by atoms with Crippen molar-refractivity contribution in [1.29, 1.82) is 0 Å². The van der Waals surface area contributed by atoms with Crippen LogP contribution in [0.1, 0.15) is 52.9 Å². The van der Waals surface area contributed by atoms with Crippen LogP contribution in [0.2, 0.25) is 0 Å². The maximum atomic E-state index is 9.67. The van der Waals surface area contributed by atoms with Crippen LogP contribution < -0.4 is 0 Å². The van der Waals surface area contributed by atoms with E-state index in [0.717, 1.165) is 25.7 Å². The maximum Gasteiger partial charge on any atom is 0.0749 e. The summed E-state index contributed by atoms with van der Waals surface area (Å²) >= 11 is 0. The Kier molecular flexibility index (Phi) is 7.17. The molecule has 0 rings (SSSR count). The van der Waals surface area contributed by atoms with Crippen LogP contribution in [0, 0.1) is 0 Å². The number of unbranched alkanes of at least 4 members (excludes halogenated alkanes) is 1. The fourth-order valence-corrected chi connectivity index (χ4v) is 1.30. The van der Waals surface area contributed by atoms with Crippen LogP contribution in [-0.2, 0) is 0 Å². The number of aliphatic hydroxyl groups excluding tert-OH is 1. The number of hydrogen-bond donors (Lipinski definition) is 1. The first-order valence-corrected chi connectivity index (χ1v) is 5.13. The lowest BCUT2D eigenvalue weighted by molar-refractivity contribution is 0.195. The van der Waals surface area contributed by atoms with Gasteiger partial charge in [0.1, 0.15) is 0 Å². The van der Waals surface area contributed by atoms with Gasteiger partial charge in [-0.05, 0) is 24.8 Å². The topological polar surface area (TPSA) is 20.2 Å². The van der Waals surface area contributed by atoms with Gasteiger partial charge in [0, 0.05) is 0 Å². The molecule has 1 atom stereocenters. The van der Waals surface area contributed by atoms with Gasteiger partial charge in [-0.2, -0.15) is 0 Å². The molecule has 0 spiro atoms. The Morgan fingerprint density at radius 1 is 1.25 bits per heavy atom. The van der Waals surface area contributed by atoms with Crippen molar-refractivity contribution in [3.8, 4) is 0 Å². The van der Waals surface area contributed by atoms with Crippen molar-refractivity contribution in [2.24, 2.45) is 0 Å². The van der Waals surface area contributed by atoms with E-state index in [4.69, 9.17) is 0 Å². The molecule has 1 nitrogen and oxygen atoms in total. The zero-order valence-electron chi connectivity index (χ0n) is 8.64. The van der Waals surface area contributed by atoms with E-state index in [1.165, 1.54) is 12.0 Å². The summed E-state index contributed by atoms with van der Waals surface area (Å²) in [4.78, 5) is 0. The molecule has 1 heteroatoms. The zero-order valence-corrected chi connectivity index (χ0v) is 8.64. The van der Waals surface area contributed by atoms with Crippen LogP contribution in [0.25, 0.3) is 0 Å². The minimum absolute atomic E-state index is 0.188. The highest BCUT2D eigenvalue weighted by molar-refractivity contribution is 5.06. The highest BCUT2D eigenvalue weighted by Crippen LogP contribution is 2.13. The van der Waals surface area contributed by atoms with Gasteiger partial charge in [-0.3, -0.25) is 0 Å². The third-order valence-electron chi connectivity index (χ3n) is 2.09. The first-order valence-electron chi connectivity index (χ1n) is 5.13. The predicted molar refractivity (Wildman–Crippen MR) is 54.2 cm³/mol. The van der Waals surface area contributed by atoms with Gasteiger partial charge in [-0.1, -0.05) is 39.7 Å². The molecule has 1 unspecified atom stereocenters. The summed E-state index contributed by atoms with van der Waals surface area (Å²) in [5.41, 5.74) is 1.22. The maximum absolute atomic E-state index is 9.67. The molecule has 0 aliphatic rings. The number of hydrogen-bond acceptors (Lipinski definition) is 1. The second kappa shape index (κ2) is 7.35. The summed E-state index contributed by atoms with van der Waals surface area (Å²) < 4.78 is 0. The van der Waals surface area contributed by atoms with Crippen LogP contribution in [0.4, 0.5) is 0 Å². The van der Waals surface area contributed by atoms with E-state index in [9.17, 15) is 5.11 Å². The molecule has 12 heavy (non-hydrogen) atoms. The van der Waals surface area contributed by atoms with Crippen LogP contribution in [0.3, 0.4) is 0 Å². The Hall–Kier alpha value is -0.300. The molecule has 0 heterocycles. The van der Waals surface area contributed by atoms with Crippen LogP contribution in [-0.4, -0.2) is 11.2 Å². The second-order valence-corrected chi connectivity index (χ2v) is 3.23. The van der Waals surface area contributed by atoms with E-state index in [1.807, 2.05) is 0 Å². The molecule has 0 amide bonds. The van der Waals surface area contributed by atoms with Gasteiger partial charge in [0.05, 0.1) is 6.10 Å². The lowest BCUT2D eigenvalue weighted by Gasteiger charge is -2.12. The van der Waals surface area contributed by atoms with E-state index >= 15 is 0 Å². The smallest absolute Gasteiger partial charge is 0.0749 e. The normalized spacial score (nSPS) is 14.8. The molecule has 0 radical (unpaired) electrons. The summed E-state index contributed by atoms with van der Waals surface area (Å²) in [6.07, 6.45) is 7.23. The average molecular weight is 170 g/mol. The molecule has 0 saturated carbocycles. The van der Waals surface area contributed by atoms with Crippen LogP contribution in [0.15, 0.2) is 11.6 Å². The van der Waals surface area contributed by atoms with Gasteiger partial charge in [-0.25, -0.2) is 0 Å². The molecule has 0 fully saturated rings. The SMILES string of the molecule is CCC/C=C(\CC)C(O)CCC. The Labute approximate surface area is 76.5 Å². The molecule has 0 aliphatic heterocycles. The van der Waals surface area contributed by atoms with E-state index in [2.05, 4.69) is 26.8 Å². The molecule has 0 aromatic carbocycles. The number of rotatable bonds is 6. The molecular weight excluding hydrogens is 148 g/mol. The Bertz CT molecular complexity index is 127. The Balaban J connectivity index is 3.94. The van der Waals surface area contributed by atoms with Crippen molar-refractivity contribution in [3.63, 3.8) is 0 Å². The van der Waals surface area contributed by atoms with E-state index < -0.39 is 0 Å². The van der Waals surface area contributed by atoms with Gasteiger partial charge in [0.15, 0.2) is 0 Å². The van der Waals surface area contributed by atoms with Crippen LogP contribution in [0.5, 0.6) is 0 Å². The van der Waals surface area contributed by atoms with Crippen molar-refractivity contribution in [1.82, 2.24) is 0 Å². The summed E-state index contributed by atoms with van der Waals surface area (Å²) in [6, 6.07) is 0. The summed E-state index contributed by atoms with van der Waals surface area (Å²) in [7, 11) is 0. The zero-order chi connectivity index (χ0) is 9.40. The molecule has 0 aromatic rings. The monoisotopic (exact) mass is 170 g/mol. The predicted octanol–water partition coefficient (Wildman–Crippen LogP) is 3.28. The van der Waals surface area contributed by atoms with Gasteiger partial charge >= 0.3 is 0 Å². The van der Waals surface area contributed by atoms with E-state index in [0.29, 0.717) is 0 Å². The standard InChI is InChI=1S/C11H22O/c1-4-7-9-10(6-3)11(12)8-5-2/h9,11-12H,4-8H2,1-3H3/b10-9+. The van der Waals surface area contributed by atoms with Gasteiger partial charge in [-0.15, -0.1) is 0 Å². The molecular formula is C11H22O. The average Bonchev–Trinajstić information content (AvgIpc) is 2.06. The Morgan fingerprint density at radius 3 is 2.33 bits per heavy atom. The quantitative estimate of drug-likeness (QED) is 0.606. The third kappa shape index (κ3) is 4.55. The minimum Gasteiger partial charge on any atom is -0.389 e. The molecule has 0 aliphatic carbocycles. The second-order valence-electron chi connectivity index (χ2n) is 3.23. The number of allylic oxidation sites excluding steroid dienone is 1. The first-order chi connectivity index (χ1) is 5.76. The van der Waals surface area contributed by atoms with Gasteiger partial charge in [0.25, 0.3) is 0 Å². The summed E-state index contributed by atoms with van der Waals surface area (Å²) in [5, 5.41) is 9.67. The van der Waals surface area contributed by atoms with E-state index in [-0.39, 0.29) is 6.10 Å². The van der Waals surface area contributed by atoms with Crippen LogP contribution >= 0.6 is 0 Å². The Morgan fingerprint density at radius 2 is 1.92 bits per heavy atom. The summed E-state index contributed by atoms with van der Waals surface area (Å²) in [6.45, 7) is 6.38. The largest absolute Gasteiger partial charge is 0.389 e. The van der Waals surface area contributed by atoms with Crippen molar-refractivity contribution < 1.29 is 5.11 Å². The molecule has 0 bridgehead atoms. The van der Waals surface area contributed by atoms with Gasteiger partial charge < -0.3 is 5.11 Å². The van der Waals surface area contributed by atoms with Crippen molar-refractivity contribution in [2.75, 3.05) is 0 Å². The molecule has 0 aromatic heterocycles. The highest BCUT2D eigenvalue weighted by atomic mass is 16.3. The third-order valence-corrected chi connectivity index (χ3v) is 2.09. The highest BCUT2D eigenvalue weighted by Gasteiger charge is 2.06. The first kappa shape index (κ1) is 11.7. The molecule has 1 N–H and O–H groups in total. The van der Waals surface area contributed by atoms with Crippen molar-refractivity contribution in [3.05, 3.63) is 11.6 Å². The minimum atomic E-state index is -0.188. The summed E-state index contributed by atoms with van der Waals surface area (Å²) in [5.74, 6) is 0. The number of aliphatic hydroxyl groups is 1. The fourth-order valence-electron chi connectivity index (χ4n) is 1.30.